The smallest absolute Gasteiger partial charge is 0.410 e. The van der Waals surface area contributed by atoms with Gasteiger partial charge in [0.15, 0.2) is 5.76 Å². The highest BCUT2D eigenvalue weighted by Gasteiger charge is 2.39. The Hall–Kier alpha value is -3.59. The predicted molar refractivity (Wildman–Crippen MR) is 158 cm³/mol. The van der Waals surface area contributed by atoms with Gasteiger partial charge >= 0.3 is 6.09 Å². The summed E-state index contributed by atoms with van der Waals surface area (Å²) in [5.41, 5.74) is 7.67. The van der Waals surface area contributed by atoms with Crippen LogP contribution in [0.2, 0.25) is 4.34 Å². The molecule has 2 aromatic heterocycles. The Bertz CT molecular complexity index is 1440. The minimum Gasteiger partial charge on any atom is -0.444 e. The van der Waals surface area contributed by atoms with Gasteiger partial charge in [-0.1, -0.05) is 22.8 Å². The number of nitrogens with one attached hydrogen (secondary N) is 1. The lowest BCUT2D eigenvalue weighted by Gasteiger charge is -2.43. The number of hydrogen-bond acceptors (Lipinski definition) is 9. The number of amides is 2. The zero-order valence-electron chi connectivity index (χ0n) is 23.8. The minimum atomic E-state index is -0.701. The van der Waals surface area contributed by atoms with E-state index in [4.69, 9.17) is 26.6 Å². The van der Waals surface area contributed by atoms with E-state index in [-0.39, 0.29) is 18.5 Å². The lowest BCUT2D eigenvalue weighted by Crippen LogP contribution is -2.64. The number of ether oxygens (including phenoxy) is 1. The molecule has 0 bridgehead atoms. The Morgan fingerprint density at radius 1 is 1.34 bits per heavy atom. The maximum Gasteiger partial charge on any atom is 0.410 e. The molecule has 1 fully saturated rings. The van der Waals surface area contributed by atoms with Crippen LogP contribution in [0.5, 0.6) is 0 Å². The number of halogens is 1. The van der Waals surface area contributed by atoms with Gasteiger partial charge in [-0.2, -0.15) is 5.26 Å². The number of hydrogen-bond donors (Lipinski definition) is 2. The zero-order chi connectivity index (χ0) is 29.9. The van der Waals surface area contributed by atoms with Crippen LogP contribution in [0.4, 0.5) is 10.5 Å². The molecule has 10 nitrogen and oxygen atoms in total. The molecule has 12 heteroatoms. The van der Waals surface area contributed by atoms with Gasteiger partial charge in [0.25, 0.3) is 0 Å². The van der Waals surface area contributed by atoms with Gasteiger partial charge in [-0.15, -0.1) is 11.3 Å². The molecule has 2 atom stereocenters. The summed E-state index contributed by atoms with van der Waals surface area (Å²) in [6, 6.07) is 11.7. The molecule has 41 heavy (non-hydrogen) atoms. The molecule has 1 saturated heterocycles. The number of carbonyl (C=O) groups excluding carboxylic acids is 2. The second-order valence-corrected chi connectivity index (χ2v) is 13.1. The first-order valence-electron chi connectivity index (χ1n) is 13.4. The van der Waals surface area contributed by atoms with E-state index < -0.39 is 23.8 Å². The van der Waals surface area contributed by atoms with Crippen molar-refractivity contribution in [1.82, 2.24) is 20.3 Å². The Kier molecular flexibility index (Phi) is 9.27. The molecule has 2 unspecified atom stereocenters. The van der Waals surface area contributed by atoms with Gasteiger partial charge in [0.2, 0.25) is 5.91 Å². The van der Waals surface area contributed by atoms with Gasteiger partial charge in [0.1, 0.15) is 11.7 Å². The molecule has 0 radical (unpaired) electrons. The highest BCUT2D eigenvalue weighted by atomic mass is 35.5. The molecule has 3 heterocycles. The van der Waals surface area contributed by atoms with Gasteiger partial charge < -0.3 is 25.2 Å². The fourth-order valence-electron chi connectivity index (χ4n) is 4.92. The summed E-state index contributed by atoms with van der Waals surface area (Å²) >= 11 is 7.47. The molecule has 1 aliphatic heterocycles. The van der Waals surface area contributed by atoms with Crippen molar-refractivity contribution < 1.29 is 18.8 Å². The summed E-state index contributed by atoms with van der Waals surface area (Å²) in [6.45, 7) is 10.3. The molecule has 4 rings (SSSR count). The molecule has 0 spiro atoms. The SMILES string of the molecule is CC(C)N(C(=O)OC(C)(C)C)C(Cc1ccc(C#N)c(N)c1)C1CN(Cc2cc(-c3ccc(Cl)s3)on2)CC(=O)N1. The van der Waals surface area contributed by atoms with Crippen molar-refractivity contribution in [2.24, 2.45) is 0 Å². The highest BCUT2D eigenvalue weighted by molar-refractivity contribution is 7.19. The Morgan fingerprint density at radius 3 is 2.71 bits per heavy atom. The van der Waals surface area contributed by atoms with Gasteiger partial charge in [0, 0.05) is 30.9 Å². The first-order valence-corrected chi connectivity index (χ1v) is 14.5. The molecular formula is C29H35ClN6O4S. The number of carbonyl (C=O) groups is 2. The van der Waals surface area contributed by atoms with Crippen LogP contribution in [-0.2, 0) is 22.5 Å². The van der Waals surface area contributed by atoms with Crippen molar-refractivity contribution in [2.75, 3.05) is 18.8 Å². The first kappa shape index (κ1) is 30.4. The number of benzene rings is 1. The third-order valence-electron chi connectivity index (χ3n) is 6.59. The van der Waals surface area contributed by atoms with Crippen molar-refractivity contribution in [1.29, 1.82) is 5.26 Å². The number of nitrogens with two attached hydrogens (primary N) is 1. The minimum absolute atomic E-state index is 0.160. The number of piperazine rings is 1. The lowest BCUT2D eigenvalue weighted by molar-refractivity contribution is -0.127. The highest BCUT2D eigenvalue weighted by Crippen LogP contribution is 2.32. The molecule has 218 valence electrons. The summed E-state index contributed by atoms with van der Waals surface area (Å²) in [7, 11) is 0. The summed E-state index contributed by atoms with van der Waals surface area (Å²) in [5.74, 6) is 0.453. The Balaban J connectivity index is 1.61. The van der Waals surface area contributed by atoms with E-state index in [9.17, 15) is 14.9 Å². The van der Waals surface area contributed by atoms with E-state index in [2.05, 4.69) is 16.5 Å². The number of nitrogens with zero attached hydrogens (tertiary/aromatic N) is 4. The number of nitriles is 1. The topological polar surface area (TPSA) is 138 Å². The third-order valence-corrected chi connectivity index (χ3v) is 7.84. The quantitative estimate of drug-likeness (QED) is 0.343. The molecule has 3 aromatic rings. The van der Waals surface area contributed by atoms with Crippen molar-refractivity contribution >= 4 is 40.6 Å². The summed E-state index contributed by atoms with van der Waals surface area (Å²) < 4.78 is 12.0. The maximum absolute atomic E-state index is 13.5. The van der Waals surface area contributed by atoms with Crippen LogP contribution in [0.3, 0.4) is 0 Å². The lowest BCUT2D eigenvalue weighted by atomic mass is 9.94. The van der Waals surface area contributed by atoms with Gasteiger partial charge in [-0.25, -0.2) is 4.79 Å². The molecule has 2 amide bonds. The molecule has 0 saturated carbocycles. The van der Waals surface area contributed by atoms with E-state index in [1.807, 2.05) is 57.7 Å². The zero-order valence-corrected chi connectivity index (χ0v) is 25.4. The van der Waals surface area contributed by atoms with Crippen LogP contribution in [0, 0.1) is 11.3 Å². The number of nitrogen functional groups attached to an aromatic ring is 1. The standard InChI is InChI=1S/C29H35ClN6O4S/c1-17(2)36(28(38)39-29(3,4)5)23(11-18-6-7-19(13-31)21(32)10-18)22-15-35(16-27(37)33-22)14-20-12-24(40-34-20)25-8-9-26(30)41-25/h6-10,12,17,22-23H,11,14-16,32H2,1-5H3,(H,33,37). The van der Waals surface area contributed by atoms with Crippen LogP contribution < -0.4 is 11.1 Å². The van der Waals surface area contributed by atoms with Gasteiger partial charge in [-0.05, 0) is 70.9 Å². The van der Waals surface area contributed by atoms with Crippen molar-refractivity contribution in [3.05, 3.63) is 57.6 Å². The molecular weight excluding hydrogens is 564 g/mol. The van der Waals surface area contributed by atoms with Crippen molar-refractivity contribution in [2.45, 2.75) is 71.3 Å². The largest absolute Gasteiger partial charge is 0.444 e. The van der Waals surface area contributed by atoms with E-state index >= 15 is 0 Å². The molecule has 0 aliphatic carbocycles. The normalized spacial score (nSPS) is 16.7. The predicted octanol–water partition coefficient (Wildman–Crippen LogP) is 5.07. The molecule has 3 N–H and O–H groups in total. The van der Waals surface area contributed by atoms with E-state index in [0.29, 0.717) is 46.6 Å². The second kappa shape index (κ2) is 12.5. The van der Waals surface area contributed by atoms with Crippen molar-refractivity contribution in [3.8, 4) is 16.7 Å². The average molecular weight is 599 g/mol. The number of aromatic nitrogens is 1. The Morgan fingerprint density at radius 2 is 2.10 bits per heavy atom. The first-order chi connectivity index (χ1) is 19.3. The van der Waals surface area contributed by atoms with Crippen LogP contribution in [0.15, 0.2) is 40.9 Å². The summed E-state index contributed by atoms with van der Waals surface area (Å²) in [6.07, 6.45) is -0.0828. The maximum atomic E-state index is 13.5. The van der Waals surface area contributed by atoms with Gasteiger partial charge in [-0.3, -0.25) is 9.69 Å². The van der Waals surface area contributed by atoms with Gasteiger partial charge in [0.05, 0.1) is 39.1 Å². The molecule has 1 aliphatic rings. The van der Waals surface area contributed by atoms with Crippen LogP contribution in [0.1, 0.15) is 51.4 Å². The summed E-state index contributed by atoms with van der Waals surface area (Å²) in [4.78, 5) is 31.0. The fraction of sp³-hybridized carbons (Fsp3) is 0.448. The van der Waals surface area contributed by atoms with Crippen molar-refractivity contribution in [3.63, 3.8) is 0 Å². The number of thiophene rings is 1. The molecule has 1 aromatic carbocycles. The number of anilines is 1. The second-order valence-electron chi connectivity index (χ2n) is 11.4. The average Bonchev–Trinajstić information content (AvgIpc) is 3.51. The van der Waals surface area contributed by atoms with Crippen LogP contribution >= 0.6 is 22.9 Å². The van der Waals surface area contributed by atoms with E-state index in [1.54, 1.807) is 23.1 Å². The van der Waals surface area contributed by atoms with E-state index in [1.165, 1.54) is 11.3 Å². The Labute approximate surface area is 249 Å². The monoisotopic (exact) mass is 598 g/mol. The number of rotatable bonds is 8. The third kappa shape index (κ3) is 7.79. The van der Waals surface area contributed by atoms with E-state index in [0.717, 1.165) is 10.4 Å². The van der Waals surface area contributed by atoms with Crippen LogP contribution in [-0.4, -0.2) is 63.8 Å². The fourth-order valence-corrected chi connectivity index (χ4v) is 5.91. The summed E-state index contributed by atoms with van der Waals surface area (Å²) in [5, 5.41) is 16.6. The van der Waals surface area contributed by atoms with Crippen LogP contribution in [0.25, 0.3) is 10.6 Å².